The monoisotopic (exact) mass is 300 g/mol. The highest BCUT2D eigenvalue weighted by atomic mass is 35.5. The molecule has 0 aromatic carbocycles. The molecular weight excluding hydrogens is 288 g/mol. The quantitative estimate of drug-likeness (QED) is 0.790. The number of hydrogen-bond donors (Lipinski definition) is 1. The summed E-state index contributed by atoms with van der Waals surface area (Å²) < 4.78 is 1.79. The van der Waals surface area contributed by atoms with E-state index >= 15 is 0 Å². The molecule has 3 heterocycles. The third-order valence-corrected chi connectivity index (χ3v) is 3.43. The molecule has 0 aliphatic heterocycles. The van der Waals surface area contributed by atoms with Crippen molar-refractivity contribution in [1.82, 2.24) is 14.4 Å². The lowest BCUT2D eigenvalue weighted by Crippen LogP contribution is -2.16. The molecule has 106 valence electrons. The lowest BCUT2D eigenvalue weighted by Gasteiger charge is -2.05. The number of aromatic nitrogens is 3. The second-order valence-corrected chi connectivity index (χ2v) is 5.18. The molecule has 3 rings (SSSR count). The first-order valence-electron chi connectivity index (χ1n) is 6.43. The number of nitrogens with one attached hydrogen (secondary N) is 1. The van der Waals surface area contributed by atoms with E-state index in [0.29, 0.717) is 22.2 Å². The van der Waals surface area contributed by atoms with Crippen LogP contribution >= 0.6 is 11.6 Å². The summed E-state index contributed by atoms with van der Waals surface area (Å²) >= 11 is 5.78. The molecule has 1 N–H and O–H groups in total. The smallest absolute Gasteiger partial charge is 0.275 e. The SMILES string of the molecule is Cc1nc2c(C)cccn2c1C(=O)Nc1ccc(Cl)cn1. The van der Waals surface area contributed by atoms with E-state index in [1.165, 1.54) is 6.20 Å². The lowest BCUT2D eigenvalue weighted by atomic mass is 10.3. The predicted molar refractivity (Wildman–Crippen MR) is 81.9 cm³/mol. The number of pyridine rings is 2. The minimum Gasteiger partial charge on any atom is -0.305 e. The van der Waals surface area contributed by atoms with Crippen molar-refractivity contribution in [2.75, 3.05) is 5.32 Å². The Labute approximate surface area is 126 Å². The maximum Gasteiger partial charge on any atom is 0.275 e. The summed E-state index contributed by atoms with van der Waals surface area (Å²) in [6.07, 6.45) is 3.31. The molecule has 3 aromatic heterocycles. The summed E-state index contributed by atoms with van der Waals surface area (Å²) in [5.41, 5.74) is 2.98. The van der Waals surface area contributed by atoms with Crippen LogP contribution in [0.5, 0.6) is 0 Å². The highest BCUT2D eigenvalue weighted by molar-refractivity contribution is 6.30. The van der Waals surface area contributed by atoms with Crippen molar-refractivity contribution in [2.45, 2.75) is 13.8 Å². The van der Waals surface area contributed by atoms with Crippen LogP contribution < -0.4 is 5.32 Å². The van der Waals surface area contributed by atoms with Crippen molar-refractivity contribution in [2.24, 2.45) is 0 Å². The maximum atomic E-state index is 12.5. The second-order valence-electron chi connectivity index (χ2n) is 4.75. The van der Waals surface area contributed by atoms with E-state index < -0.39 is 0 Å². The number of nitrogens with zero attached hydrogens (tertiary/aromatic N) is 3. The number of carbonyl (C=O) groups is 1. The molecular formula is C15H13ClN4O. The van der Waals surface area contributed by atoms with Crippen molar-refractivity contribution >= 4 is 29.0 Å². The van der Waals surface area contributed by atoms with E-state index in [1.807, 2.05) is 32.2 Å². The van der Waals surface area contributed by atoms with Crippen molar-refractivity contribution in [3.05, 3.63) is 58.6 Å². The number of imidazole rings is 1. The first kappa shape index (κ1) is 13.6. The molecule has 0 atom stereocenters. The minimum atomic E-state index is -0.250. The van der Waals surface area contributed by atoms with Crippen LogP contribution in [0.4, 0.5) is 5.82 Å². The summed E-state index contributed by atoms with van der Waals surface area (Å²) in [5.74, 6) is 0.201. The fourth-order valence-electron chi connectivity index (χ4n) is 2.22. The minimum absolute atomic E-state index is 0.250. The van der Waals surface area contributed by atoms with Gasteiger partial charge in [-0.1, -0.05) is 17.7 Å². The van der Waals surface area contributed by atoms with E-state index in [-0.39, 0.29) is 5.91 Å². The predicted octanol–water partition coefficient (Wildman–Crippen LogP) is 3.25. The molecule has 0 saturated carbocycles. The Bertz CT molecular complexity index is 824. The van der Waals surface area contributed by atoms with Gasteiger partial charge < -0.3 is 5.32 Å². The Morgan fingerprint density at radius 2 is 2.10 bits per heavy atom. The second kappa shape index (κ2) is 5.18. The van der Waals surface area contributed by atoms with Crippen LogP contribution in [0.1, 0.15) is 21.7 Å². The first-order valence-corrected chi connectivity index (χ1v) is 6.81. The lowest BCUT2D eigenvalue weighted by molar-refractivity contribution is 0.102. The van der Waals surface area contributed by atoms with Gasteiger partial charge in [-0.15, -0.1) is 0 Å². The number of amides is 1. The van der Waals surface area contributed by atoms with Crippen LogP contribution in [0.3, 0.4) is 0 Å². The standard InChI is InChI=1S/C15H13ClN4O/c1-9-4-3-7-20-13(10(2)18-14(9)20)15(21)19-12-6-5-11(16)8-17-12/h3-8H,1-2H3,(H,17,19,21). The number of aryl methyl sites for hydroxylation is 2. The van der Waals surface area contributed by atoms with Crippen LogP contribution in [-0.2, 0) is 0 Å². The van der Waals surface area contributed by atoms with Gasteiger partial charge in [0.1, 0.15) is 17.2 Å². The van der Waals surface area contributed by atoms with E-state index in [9.17, 15) is 4.79 Å². The number of halogens is 1. The summed E-state index contributed by atoms with van der Waals surface area (Å²) in [6.45, 7) is 3.78. The third-order valence-electron chi connectivity index (χ3n) is 3.20. The van der Waals surface area contributed by atoms with Crippen LogP contribution in [0.25, 0.3) is 5.65 Å². The fourth-order valence-corrected chi connectivity index (χ4v) is 2.33. The van der Waals surface area contributed by atoms with Crippen molar-refractivity contribution in [3.8, 4) is 0 Å². The molecule has 0 aliphatic rings. The number of anilines is 1. The Balaban J connectivity index is 2.00. The van der Waals surface area contributed by atoms with Gasteiger partial charge in [0.15, 0.2) is 0 Å². The van der Waals surface area contributed by atoms with E-state index in [1.54, 1.807) is 16.5 Å². The summed E-state index contributed by atoms with van der Waals surface area (Å²) in [7, 11) is 0. The molecule has 5 nitrogen and oxygen atoms in total. The van der Waals surface area contributed by atoms with Crippen LogP contribution in [0.15, 0.2) is 36.7 Å². The number of hydrogen-bond acceptors (Lipinski definition) is 3. The van der Waals surface area contributed by atoms with Gasteiger partial charge in [0.05, 0.1) is 10.7 Å². The summed E-state index contributed by atoms with van der Waals surface area (Å²) in [6, 6.07) is 7.19. The molecule has 3 aromatic rings. The van der Waals surface area contributed by atoms with Gasteiger partial charge in [-0.3, -0.25) is 9.20 Å². The van der Waals surface area contributed by atoms with E-state index in [4.69, 9.17) is 11.6 Å². The Hall–Kier alpha value is -2.40. The van der Waals surface area contributed by atoms with Gasteiger partial charge in [0.25, 0.3) is 5.91 Å². The highest BCUT2D eigenvalue weighted by Crippen LogP contribution is 2.17. The van der Waals surface area contributed by atoms with Crippen LogP contribution in [0, 0.1) is 13.8 Å². The van der Waals surface area contributed by atoms with Gasteiger partial charge in [-0.25, -0.2) is 9.97 Å². The molecule has 0 unspecified atom stereocenters. The Kier molecular flexibility index (Phi) is 3.35. The molecule has 0 fully saturated rings. The Morgan fingerprint density at radius 3 is 2.81 bits per heavy atom. The van der Waals surface area contributed by atoms with Crippen LogP contribution in [-0.4, -0.2) is 20.3 Å². The van der Waals surface area contributed by atoms with Gasteiger partial charge >= 0.3 is 0 Å². The van der Waals surface area contributed by atoms with Gasteiger partial charge in [-0.2, -0.15) is 0 Å². The molecule has 0 saturated heterocycles. The average molecular weight is 301 g/mol. The first-order chi connectivity index (χ1) is 10.1. The zero-order chi connectivity index (χ0) is 15.0. The molecule has 21 heavy (non-hydrogen) atoms. The molecule has 0 bridgehead atoms. The van der Waals surface area contributed by atoms with Gasteiger partial charge in [0.2, 0.25) is 0 Å². The topological polar surface area (TPSA) is 59.3 Å². The third kappa shape index (κ3) is 2.48. The van der Waals surface area contributed by atoms with Crippen LogP contribution in [0.2, 0.25) is 5.02 Å². The number of carbonyl (C=O) groups excluding carboxylic acids is 1. The van der Waals surface area contributed by atoms with Gasteiger partial charge in [-0.05, 0) is 37.6 Å². The number of fused-ring (bicyclic) bond motifs is 1. The summed E-state index contributed by atoms with van der Waals surface area (Å²) in [4.78, 5) is 21.0. The molecule has 6 heteroatoms. The highest BCUT2D eigenvalue weighted by Gasteiger charge is 2.17. The Morgan fingerprint density at radius 1 is 1.29 bits per heavy atom. The molecule has 1 amide bonds. The fraction of sp³-hybridized carbons (Fsp3) is 0.133. The van der Waals surface area contributed by atoms with Crippen molar-refractivity contribution < 1.29 is 4.79 Å². The molecule has 0 aliphatic carbocycles. The van der Waals surface area contributed by atoms with Crippen molar-refractivity contribution in [3.63, 3.8) is 0 Å². The molecule has 0 radical (unpaired) electrons. The number of rotatable bonds is 2. The van der Waals surface area contributed by atoms with Crippen molar-refractivity contribution in [1.29, 1.82) is 0 Å². The van der Waals surface area contributed by atoms with E-state index in [0.717, 1.165) is 11.2 Å². The van der Waals surface area contributed by atoms with E-state index in [2.05, 4.69) is 15.3 Å². The average Bonchev–Trinajstić information content (AvgIpc) is 2.79. The summed E-state index contributed by atoms with van der Waals surface area (Å²) in [5, 5.41) is 3.28. The molecule has 0 spiro atoms. The normalized spacial score (nSPS) is 10.8. The van der Waals surface area contributed by atoms with Gasteiger partial charge in [0, 0.05) is 12.4 Å². The maximum absolute atomic E-state index is 12.5. The largest absolute Gasteiger partial charge is 0.305 e. The zero-order valence-electron chi connectivity index (χ0n) is 11.6. The zero-order valence-corrected chi connectivity index (χ0v) is 12.3.